The lowest BCUT2D eigenvalue weighted by molar-refractivity contribution is -0.295. The van der Waals surface area contributed by atoms with E-state index in [1.807, 2.05) is 6.92 Å². The molecule has 9 nitrogen and oxygen atoms in total. The van der Waals surface area contributed by atoms with Crippen LogP contribution in [0.4, 0.5) is 0 Å². The van der Waals surface area contributed by atoms with Gasteiger partial charge in [-0.3, -0.25) is 4.79 Å². The minimum Gasteiger partial charge on any atom is -0.463 e. The third-order valence-electron chi connectivity index (χ3n) is 4.22. The Morgan fingerprint density at radius 3 is 2.32 bits per heavy atom. The molecule has 7 atom stereocenters. The van der Waals surface area contributed by atoms with Gasteiger partial charge in [0.25, 0.3) is 0 Å². The summed E-state index contributed by atoms with van der Waals surface area (Å²) in [5.74, 6) is -0.553. The van der Waals surface area contributed by atoms with E-state index < -0.39 is 48.9 Å². The highest BCUT2D eigenvalue weighted by Crippen LogP contribution is 2.22. The summed E-state index contributed by atoms with van der Waals surface area (Å²) in [5.41, 5.74) is 0. The van der Waals surface area contributed by atoms with Crippen molar-refractivity contribution in [3.05, 3.63) is 0 Å². The van der Waals surface area contributed by atoms with Gasteiger partial charge >= 0.3 is 5.97 Å². The Bertz CT molecular complexity index is 390. The maximum atomic E-state index is 11.7. The van der Waals surface area contributed by atoms with Crippen LogP contribution in [0.3, 0.4) is 0 Å². The van der Waals surface area contributed by atoms with E-state index in [0.29, 0.717) is 12.8 Å². The average molecular weight is 366 g/mol. The van der Waals surface area contributed by atoms with E-state index in [2.05, 4.69) is 0 Å². The minimum absolute atomic E-state index is 0.0393. The van der Waals surface area contributed by atoms with Gasteiger partial charge in [-0.1, -0.05) is 13.3 Å². The quantitative estimate of drug-likeness (QED) is 0.297. The molecule has 1 aliphatic heterocycles. The number of methoxy groups -OCH3 is 1. The van der Waals surface area contributed by atoms with Crippen molar-refractivity contribution < 1.29 is 44.5 Å². The number of hydrogen-bond acceptors (Lipinski definition) is 9. The molecule has 0 aromatic carbocycles. The van der Waals surface area contributed by atoms with Crippen LogP contribution in [0.2, 0.25) is 0 Å². The lowest BCUT2D eigenvalue weighted by Crippen LogP contribution is -2.59. The molecule has 5 N–H and O–H groups in total. The number of aliphatic hydroxyl groups excluding tert-OH is 5. The second-order valence-corrected chi connectivity index (χ2v) is 6.25. The summed E-state index contributed by atoms with van der Waals surface area (Å²) in [7, 11) is 1.28. The fourth-order valence-electron chi connectivity index (χ4n) is 2.63. The highest BCUT2D eigenvalue weighted by atomic mass is 16.7. The Morgan fingerprint density at radius 2 is 1.72 bits per heavy atom. The Balaban J connectivity index is 2.31. The predicted molar refractivity (Wildman–Crippen MR) is 85.4 cm³/mol. The van der Waals surface area contributed by atoms with E-state index >= 15 is 0 Å². The number of rotatable bonds is 10. The van der Waals surface area contributed by atoms with Crippen LogP contribution in [0, 0.1) is 0 Å². The third kappa shape index (κ3) is 6.78. The molecule has 148 valence electrons. The summed E-state index contributed by atoms with van der Waals surface area (Å²) in [6.45, 7) is 1.60. The van der Waals surface area contributed by atoms with Gasteiger partial charge in [0, 0.05) is 13.5 Å². The fraction of sp³-hybridized carbons (Fsp3) is 0.938. The van der Waals surface area contributed by atoms with Crippen LogP contribution in [0.15, 0.2) is 0 Å². The number of ether oxygens (including phenoxy) is 3. The second kappa shape index (κ2) is 11.0. The summed E-state index contributed by atoms with van der Waals surface area (Å²) in [6, 6.07) is 0. The van der Waals surface area contributed by atoms with Gasteiger partial charge in [-0.25, -0.2) is 0 Å². The maximum Gasteiger partial charge on any atom is 0.305 e. The minimum atomic E-state index is -1.47. The summed E-state index contributed by atoms with van der Waals surface area (Å²) in [6.07, 6.45) is -6.21. The van der Waals surface area contributed by atoms with Gasteiger partial charge in [-0.05, 0) is 19.3 Å². The Kier molecular flexibility index (Phi) is 9.80. The number of aliphatic hydroxyl groups is 5. The van der Waals surface area contributed by atoms with Gasteiger partial charge in [-0.2, -0.15) is 0 Å². The molecule has 0 saturated carbocycles. The lowest BCUT2D eigenvalue weighted by Gasteiger charge is -2.39. The van der Waals surface area contributed by atoms with Crippen molar-refractivity contribution >= 4 is 5.97 Å². The van der Waals surface area contributed by atoms with Gasteiger partial charge in [0.2, 0.25) is 0 Å². The molecule has 1 rings (SSSR count). The van der Waals surface area contributed by atoms with Crippen molar-refractivity contribution in [2.45, 2.75) is 81.9 Å². The van der Waals surface area contributed by atoms with Gasteiger partial charge < -0.3 is 39.7 Å². The van der Waals surface area contributed by atoms with Crippen molar-refractivity contribution in [2.24, 2.45) is 0 Å². The molecule has 0 radical (unpaired) electrons. The number of carbonyl (C=O) groups excluding carboxylic acids is 1. The monoisotopic (exact) mass is 366 g/mol. The molecular weight excluding hydrogens is 336 g/mol. The second-order valence-electron chi connectivity index (χ2n) is 6.25. The van der Waals surface area contributed by atoms with Crippen molar-refractivity contribution in [2.75, 3.05) is 13.7 Å². The van der Waals surface area contributed by atoms with Crippen molar-refractivity contribution in [1.82, 2.24) is 0 Å². The summed E-state index contributed by atoms with van der Waals surface area (Å²) in [5, 5.41) is 48.6. The molecule has 1 heterocycles. The van der Waals surface area contributed by atoms with Gasteiger partial charge in [0.1, 0.15) is 31.0 Å². The molecule has 0 amide bonds. The molecule has 1 fully saturated rings. The molecule has 4 unspecified atom stereocenters. The van der Waals surface area contributed by atoms with Gasteiger partial charge in [-0.15, -0.1) is 0 Å². The highest BCUT2D eigenvalue weighted by Gasteiger charge is 2.44. The number of esters is 1. The Labute approximate surface area is 147 Å². The van der Waals surface area contributed by atoms with E-state index in [1.165, 1.54) is 7.11 Å². The molecular formula is C16H30O9. The van der Waals surface area contributed by atoms with Crippen LogP contribution in [-0.4, -0.2) is 88.1 Å². The first-order valence-corrected chi connectivity index (χ1v) is 8.56. The molecule has 0 spiro atoms. The van der Waals surface area contributed by atoms with Gasteiger partial charge in [0.15, 0.2) is 6.29 Å². The smallest absolute Gasteiger partial charge is 0.305 e. The summed E-state index contributed by atoms with van der Waals surface area (Å²) in [4.78, 5) is 11.7. The van der Waals surface area contributed by atoms with E-state index in [4.69, 9.17) is 14.2 Å². The van der Waals surface area contributed by atoms with Crippen molar-refractivity contribution in [3.63, 3.8) is 0 Å². The molecule has 0 aromatic heterocycles. The number of hydrogen-bond donors (Lipinski definition) is 5. The normalized spacial score (nSPS) is 32.2. The molecule has 25 heavy (non-hydrogen) atoms. The van der Waals surface area contributed by atoms with Crippen molar-refractivity contribution in [1.29, 1.82) is 0 Å². The zero-order valence-electron chi connectivity index (χ0n) is 14.7. The Morgan fingerprint density at radius 1 is 1.08 bits per heavy atom. The molecule has 1 aliphatic rings. The first kappa shape index (κ1) is 22.2. The highest BCUT2D eigenvalue weighted by molar-refractivity contribution is 5.69. The molecule has 0 bridgehead atoms. The average Bonchev–Trinajstić information content (AvgIpc) is 2.59. The first-order chi connectivity index (χ1) is 11.8. The summed E-state index contributed by atoms with van der Waals surface area (Å²) >= 11 is 0. The van der Waals surface area contributed by atoms with Crippen LogP contribution in [0.25, 0.3) is 0 Å². The van der Waals surface area contributed by atoms with Crippen LogP contribution in [0.5, 0.6) is 0 Å². The van der Waals surface area contributed by atoms with Crippen LogP contribution in [-0.2, 0) is 19.0 Å². The zero-order valence-corrected chi connectivity index (χ0v) is 14.7. The lowest BCUT2D eigenvalue weighted by atomic mass is 9.99. The van der Waals surface area contributed by atoms with Crippen LogP contribution < -0.4 is 0 Å². The topological polar surface area (TPSA) is 146 Å². The first-order valence-electron chi connectivity index (χ1n) is 8.56. The standard InChI is InChI=1S/C16H30O9/c1-3-5-9(17)10(18)6-4-7-12(19)24-8-11-13(20)14(21)15(22)16(23-2)25-11/h9-11,13-18,20-22H,3-8H2,1-2H3/t9?,10?,11?,13-,14+,15?,16+/m1/s1. The Hall–Kier alpha value is -0.810. The maximum absolute atomic E-state index is 11.7. The third-order valence-corrected chi connectivity index (χ3v) is 4.22. The molecule has 0 aliphatic carbocycles. The van der Waals surface area contributed by atoms with Crippen molar-refractivity contribution in [3.8, 4) is 0 Å². The van der Waals surface area contributed by atoms with Crippen LogP contribution >= 0.6 is 0 Å². The largest absolute Gasteiger partial charge is 0.463 e. The SMILES string of the molecule is CCCC(O)C(O)CCCC(=O)OCC1O[C@H](OC)C(O)[C@@H](O)[C@@H]1O. The summed E-state index contributed by atoms with van der Waals surface area (Å²) < 4.78 is 15.1. The molecule has 0 aromatic rings. The fourth-order valence-corrected chi connectivity index (χ4v) is 2.63. The number of carbonyl (C=O) groups is 1. The van der Waals surface area contributed by atoms with Gasteiger partial charge in [0.05, 0.1) is 12.2 Å². The molecule has 9 heteroatoms. The predicted octanol–water partition coefficient (Wildman–Crippen LogP) is -1.32. The van der Waals surface area contributed by atoms with Crippen LogP contribution in [0.1, 0.15) is 39.0 Å². The van der Waals surface area contributed by atoms with E-state index in [-0.39, 0.29) is 19.4 Å². The van der Waals surface area contributed by atoms with E-state index in [9.17, 15) is 30.3 Å². The molecule has 1 saturated heterocycles. The van der Waals surface area contributed by atoms with E-state index in [0.717, 1.165) is 6.42 Å². The van der Waals surface area contributed by atoms with E-state index in [1.54, 1.807) is 0 Å². The zero-order chi connectivity index (χ0) is 19.0.